The van der Waals surface area contributed by atoms with E-state index in [4.69, 9.17) is 4.74 Å². The van der Waals surface area contributed by atoms with Gasteiger partial charge in [-0.3, -0.25) is 14.3 Å². The Morgan fingerprint density at radius 3 is 2.70 bits per heavy atom. The summed E-state index contributed by atoms with van der Waals surface area (Å²) in [5.74, 6) is -0.455. The number of hydrogen-bond acceptors (Lipinski definition) is 4. The summed E-state index contributed by atoms with van der Waals surface area (Å²) in [5, 5.41) is 4.10. The van der Waals surface area contributed by atoms with Crippen LogP contribution in [0.3, 0.4) is 0 Å². The van der Waals surface area contributed by atoms with E-state index < -0.39 is 6.04 Å². The Kier molecular flexibility index (Phi) is 4.76. The zero-order chi connectivity index (χ0) is 14.5. The van der Waals surface area contributed by atoms with E-state index >= 15 is 0 Å². The van der Waals surface area contributed by atoms with Crippen LogP contribution in [0.4, 0.5) is 0 Å². The van der Waals surface area contributed by atoms with Gasteiger partial charge < -0.3 is 9.64 Å². The van der Waals surface area contributed by atoms with Gasteiger partial charge in [0.1, 0.15) is 12.6 Å². The number of rotatable bonds is 5. The molecule has 1 amide bonds. The molecule has 1 aromatic heterocycles. The number of methoxy groups -OCH3 is 1. The van der Waals surface area contributed by atoms with Gasteiger partial charge in [-0.2, -0.15) is 5.10 Å². The zero-order valence-corrected chi connectivity index (χ0v) is 12.0. The molecule has 1 atom stereocenters. The Labute approximate surface area is 118 Å². The summed E-state index contributed by atoms with van der Waals surface area (Å²) in [4.78, 5) is 25.8. The van der Waals surface area contributed by atoms with Crippen LogP contribution in [0.2, 0.25) is 0 Å². The van der Waals surface area contributed by atoms with Crippen LogP contribution in [0.5, 0.6) is 0 Å². The second-order valence-electron chi connectivity index (χ2n) is 5.14. The minimum absolute atomic E-state index is 0.0195. The highest BCUT2D eigenvalue weighted by Crippen LogP contribution is 2.25. The number of ether oxygens (including phenoxy) is 1. The third kappa shape index (κ3) is 3.18. The summed E-state index contributed by atoms with van der Waals surface area (Å²) in [6.07, 6.45) is 7.51. The van der Waals surface area contributed by atoms with Crippen LogP contribution in [0, 0.1) is 0 Å². The summed E-state index contributed by atoms with van der Waals surface area (Å²) >= 11 is 0. The largest absolute Gasteiger partial charge is 0.468 e. The normalized spacial score (nSPS) is 16.9. The van der Waals surface area contributed by atoms with Crippen molar-refractivity contribution >= 4 is 11.9 Å². The minimum atomic E-state index is -0.407. The number of aromatic nitrogens is 2. The lowest BCUT2D eigenvalue weighted by Gasteiger charge is -2.30. The van der Waals surface area contributed by atoms with Crippen LogP contribution in [0.1, 0.15) is 38.6 Å². The summed E-state index contributed by atoms with van der Waals surface area (Å²) in [6.45, 7) is 1.82. The fourth-order valence-corrected chi connectivity index (χ4v) is 2.67. The topological polar surface area (TPSA) is 64.4 Å². The van der Waals surface area contributed by atoms with E-state index in [0.717, 1.165) is 25.7 Å². The van der Waals surface area contributed by atoms with Crippen LogP contribution < -0.4 is 0 Å². The molecule has 110 valence electrons. The Morgan fingerprint density at radius 1 is 1.45 bits per heavy atom. The van der Waals surface area contributed by atoms with Crippen molar-refractivity contribution in [1.82, 2.24) is 14.7 Å². The second-order valence-corrected chi connectivity index (χ2v) is 5.14. The fourth-order valence-electron chi connectivity index (χ4n) is 2.67. The van der Waals surface area contributed by atoms with Gasteiger partial charge in [0.25, 0.3) is 0 Å². The van der Waals surface area contributed by atoms with Crippen molar-refractivity contribution in [2.75, 3.05) is 13.7 Å². The zero-order valence-electron chi connectivity index (χ0n) is 12.0. The number of carbonyl (C=O) groups is 2. The molecular formula is C14H21N3O3. The SMILES string of the molecule is COC(=O)CN(C(=O)C(C)n1cccn1)C1CCCC1. The van der Waals surface area contributed by atoms with Crippen molar-refractivity contribution in [2.45, 2.75) is 44.7 Å². The van der Waals surface area contributed by atoms with E-state index in [-0.39, 0.29) is 24.5 Å². The van der Waals surface area contributed by atoms with Crippen LogP contribution >= 0.6 is 0 Å². The van der Waals surface area contributed by atoms with Crippen molar-refractivity contribution in [2.24, 2.45) is 0 Å². The van der Waals surface area contributed by atoms with Gasteiger partial charge in [-0.05, 0) is 25.8 Å². The van der Waals surface area contributed by atoms with Gasteiger partial charge in [-0.25, -0.2) is 0 Å². The lowest BCUT2D eigenvalue weighted by atomic mass is 10.1. The number of nitrogens with zero attached hydrogens (tertiary/aromatic N) is 3. The number of hydrogen-bond donors (Lipinski definition) is 0. The molecule has 0 spiro atoms. The summed E-state index contributed by atoms with van der Waals surface area (Å²) < 4.78 is 6.32. The Bertz CT molecular complexity index is 452. The molecule has 1 aromatic rings. The van der Waals surface area contributed by atoms with Crippen molar-refractivity contribution in [3.63, 3.8) is 0 Å². The molecule has 0 bridgehead atoms. The maximum absolute atomic E-state index is 12.6. The lowest BCUT2D eigenvalue weighted by Crippen LogP contribution is -2.45. The molecule has 1 saturated carbocycles. The number of carbonyl (C=O) groups excluding carboxylic acids is 2. The first-order valence-corrected chi connectivity index (χ1v) is 7.00. The third-order valence-electron chi connectivity index (χ3n) is 3.85. The average molecular weight is 279 g/mol. The average Bonchev–Trinajstić information content (AvgIpc) is 3.14. The van der Waals surface area contributed by atoms with E-state index in [1.165, 1.54) is 7.11 Å². The van der Waals surface area contributed by atoms with E-state index in [0.29, 0.717) is 0 Å². The van der Waals surface area contributed by atoms with Gasteiger partial charge in [0.05, 0.1) is 7.11 Å². The molecule has 1 fully saturated rings. The van der Waals surface area contributed by atoms with Gasteiger partial charge in [-0.15, -0.1) is 0 Å². The molecule has 1 heterocycles. The molecule has 0 saturated heterocycles. The highest BCUT2D eigenvalue weighted by molar-refractivity contribution is 5.84. The predicted molar refractivity (Wildman–Crippen MR) is 72.9 cm³/mol. The molecule has 0 N–H and O–H groups in total. The lowest BCUT2D eigenvalue weighted by molar-refractivity contribution is -0.149. The number of amides is 1. The fraction of sp³-hybridized carbons (Fsp3) is 0.643. The van der Waals surface area contributed by atoms with E-state index in [1.54, 1.807) is 35.0 Å². The smallest absolute Gasteiger partial charge is 0.325 e. The number of esters is 1. The van der Waals surface area contributed by atoms with Crippen molar-refractivity contribution < 1.29 is 14.3 Å². The van der Waals surface area contributed by atoms with Crippen LogP contribution in [-0.2, 0) is 14.3 Å². The van der Waals surface area contributed by atoms with Gasteiger partial charge in [0, 0.05) is 18.4 Å². The van der Waals surface area contributed by atoms with Crippen molar-refractivity contribution in [3.05, 3.63) is 18.5 Å². The molecule has 1 aliphatic rings. The monoisotopic (exact) mass is 279 g/mol. The molecule has 1 unspecified atom stereocenters. The maximum Gasteiger partial charge on any atom is 0.325 e. The first-order valence-electron chi connectivity index (χ1n) is 7.00. The van der Waals surface area contributed by atoms with Gasteiger partial charge in [0.2, 0.25) is 5.91 Å². The minimum Gasteiger partial charge on any atom is -0.468 e. The van der Waals surface area contributed by atoms with Crippen molar-refractivity contribution in [3.8, 4) is 0 Å². The highest BCUT2D eigenvalue weighted by Gasteiger charge is 2.32. The predicted octanol–water partition coefficient (Wildman–Crippen LogP) is 1.39. The molecule has 20 heavy (non-hydrogen) atoms. The van der Waals surface area contributed by atoms with E-state index in [1.807, 2.05) is 0 Å². The molecular weight excluding hydrogens is 258 g/mol. The molecule has 1 aliphatic carbocycles. The molecule has 2 rings (SSSR count). The third-order valence-corrected chi connectivity index (χ3v) is 3.85. The van der Waals surface area contributed by atoms with Crippen LogP contribution in [-0.4, -0.2) is 46.3 Å². The van der Waals surface area contributed by atoms with Gasteiger partial charge in [0.15, 0.2) is 0 Å². The van der Waals surface area contributed by atoms with Crippen LogP contribution in [0.25, 0.3) is 0 Å². The van der Waals surface area contributed by atoms with Gasteiger partial charge >= 0.3 is 5.97 Å². The van der Waals surface area contributed by atoms with E-state index in [9.17, 15) is 9.59 Å². The summed E-state index contributed by atoms with van der Waals surface area (Å²) in [7, 11) is 1.34. The Hall–Kier alpha value is -1.85. The quantitative estimate of drug-likeness (QED) is 0.764. The highest BCUT2D eigenvalue weighted by atomic mass is 16.5. The molecule has 0 radical (unpaired) electrons. The maximum atomic E-state index is 12.6. The molecule has 6 nitrogen and oxygen atoms in total. The second kappa shape index (κ2) is 6.54. The molecule has 0 aliphatic heterocycles. The molecule has 6 heteroatoms. The van der Waals surface area contributed by atoms with Crippen molar-refractivity contribution in [1.29, 1.82) is 0 Å². The van der Waals surface area contributed by atoms with Gasteiger partial charge in [-0.1, -0.05) is 12.8 Å². The first-order chi connectivity index (χ1) is 9.63. The Balaban J connectivity index is 2.12. The Morgan fingerprint density at radius 2 is 2.15 bits per heavy atom. The summed E-state index contributed by atoms with van der Waals surface area (Å²) in [5.41, 5.74) is 0. The molecule has 0 aromatic carbocycles. The summed E-state index contributed by atoms with van der Waals surface area (Å²) in [6, 6.07) is 1.51. The van der Waals surface area contributed by atoms with Crippen LogP contribution in [0.15, 0.2) is 18.5 Å². The van der Waals surface area contributed by atoms with E-state index in [2.05, 4.69) is 5.10 Å². The standard InChI is InChI=1S/C14H21N3O3/c1-11(17-9-5-8-15-17)14(19)16(10-13(18)20-2)12-6-3-4-7-12/h5,8-9,11-12H,3-4,6-7,10H2,1-2H3. The first kappa shape index (κ1) is 14.6.